The van der Waals surface area contributed by atoms with E-state index in [-0.39, 0.29) is 0 Å². The Morgan fingerprint density at radius 3 is 2.69 bits per heavy atom. The van der Waals surface area contributed by atoms with Crippen LogP contribution in [0.15, 0.2) is 17.5 Å². The van der Waals surface area contributed by atoms with E-state index < -0.39 is 30.1 Å². The van der Waals surface area contributed by atoms with Crippen molar-refractivity contribution in [2.24, 2.45) is 0 Å². The van der Waals surface area contributed by atoms with Crippen LogP contribution >= 0.6 is 11.3 Å². The molecule has 1 aliphatic rings. The minimum atomic E-state index is -4.85. The van der Waals surface area contributed by atoms with Crippen LogP contribution in [0, 0.1) is 0 Å². The number of hydrogen-bond donors (Lipinski definition) is 2. The molecule has 0 bridgehead atoms. The van der Waals surface area contributed by atoms with Gasteiger partial charge in [0, 0.05) is 11.3 Å². The van der Waals surface area contributed by atoms with Crippen molar-refractivity contribution in [3.63, 3.8) is 0 Å². The van der Waals surface area contributed by atoms with Crippen LogP contribution in [0.5, 0.6) is 0 Å². The predicted octanol–water partition coefficient (Wildman–Crippen LogP) is 1.60. The molecule has 2 heterocycles. The molecule has 0 aliphatic carbocycles. The fourth-order valence-electron chi connectivity index (χ4n) is 1.64. The van der Waals surface area contributed by atoms with Crippen molar-refractivity contribution in [2.45, 2.75) is 24.2 Å². The second kappa shape index (κ2) is 3.46. The van der Waals surface area contributed by atoms with E-state index in [0.29, 0.717) is 4.88 Å². The zero-order chi connectivity index (χ0) is 12.0. The Balaban J connectivity index is 2.26. The Labute approximate surface area is 92.9 Å². The van der Waals surface area contributed by atoms with Crippen molar-refractivity contribution in [3.8, 4) is 0 Å². The first-order chi connectivity index (χ1) is 7.33. The highest BCUT2D eigenvalue weighted by Crippen LogP contribution is 2.42. The van der Waals surface area contributed by atoms with Gasteiger partial charge in [-0.2, -0.15) is 13.2 Å². The van der Waals surface area contributed by atoms with Crippen molar-refractivity contribution in [3.05, 3.63) is 22.4 Å². The lowest BCUT2D eigenvalue weighted by Crippen LogP contribution is -2.53. The van der Waals surface area contributed by atoms with Gasteiger partial charge in [0.15, 0.2) is 0 Å². The number of rotatable bonds is 1. The number of thiophene rings is 1. The molecule has 1 aromatic rings. The van der Waals surface area contributed by atoms with Crippen molar-refractivity contribution >= 4 is 17.2 Å². The minimum Gasteiger partial charge on any atom is -0.363 e. The normalized spacial score (nSPS) is 30.5. The largest absolute Gasteiger partial charge is 0.436 e. The Bertz CT molecular complexity index is 403. The molecule has 16 heavy (non-hydrogen) atoms. The molecule has 0 radical (unpaired) electrons. The summed E-state index contributed by atoms with van der Waals surface area (Å²) in [6, 6.07) is 3.23. The molecule has 1 aromatic heterocycles. The molecule has 2 N–H and O–H groups in total. The Morgan fingerprint density at radius 2 is 2.25 bits per heavy atom. The first-order valence-corrected chi connectivity index (χ1v) is 5.36. The van der Waals surface area contributed by atoms with Crippen LogP contribution in [0.4, 0.5) is 13.2 Å². The molecule has 0 aromatic carbocycles. The topological polar surface area (TPSA) is 49.3 Å². The van der Waals surface area contributed by atoms with Gasteiger partial charge in [0.1, 0.15) is 0 Å². The van der Waals surface area contributed by atoms with Gasteiger partial charge in [-0.05, 0) is 11.4 Å². The summed E-state index contributed by atoms with van der Waals surface area (Å²) in [6.07, 6.45) is -5.52. The maximum absolute atomic E-state index is 12.5. The molecule has 7 heteroatoms. The van der Waals surface area contributed by atoms with E-state index in [0.717, 1.165) is 0 Å². The first kappa shape index (κ1) is 11.4. The van der Waals surface area contributed by atoms with Crippen molar-refractivity contribution < 1.29 is 23.1 Å². The fraction of sp³-hybridized carbons (Fsp3) is 0.444. The number of carbonyl (C=O) groups excluding carboxylic acids is 1. The molecule has 0 saturated carbocycles. The SMILES string of the molecule is O=C1N[C@](O)(C(F)(F)F)C[C@H]1c1cccs1. The molecule has 1 aliphatic heterocycles. The monoisotopic (exact) mass is 251 g/mol. The van der Waals surface area contributed by atoms with Crippen LogP contribution in [0.25, 0.3) is 0 Å². The molecule has 88 valence electrons. The van der Waals surface area contributed by atoms with E-state index in [4.69, 9.17) is 0 Å². The summed E-state index contributed by atoms with van der Waals surface area (Å²) in [5.41, 5.74) is -3.10. The number of alkyl halides is 3. The standard InChI is InChI=1S/C9H8F3NO2S/c10-9(11,12)8(15)4-5(7(14)13-8)6-2-1-3-16-6/h1-3,5,15H,4H2,(H,13,14)/t5-,8+/m0/s1. The average molecular weight is 251 g/mol. The van der Waals surface area contributed by atoms with Gasteiger partial charge in [-0.3, -0.25) is 4.79 Å². The second-order valence-electron chi connectivity index (χ2n) is 3.62. The number of hydrogen-bond acceptors (Lipinski definition) is 3. The summed E-state index contributed by atoms with van der Waals surface area (Å²) >= 11 is 1.20. The lowest BCUT2D eigenvalue weighted by molar-refractivity contribution is -0.266. The molecule has 0 spiro atoms. The number of halogens is 3. The number of nitrogens with one attached hydrogen (secondary N) is 1. The summed E-state index contributed by atoms with van der Waals surface area (Å²) in [5.74, 6) is -1.71. The summed E-state index contributed by atoms with van der Waals surface area (Å²) in [7, 11) is 0. The summed E-state index contributed by atoms with van der Waals surface area (Å²) < 4.78 is 37.4. The predicted molar refractivity (Wildman–Crippen MR) is 50.8 cm³/mol. The van der Waals surface area contributed by atoms with Crippen LogP contribution in [0.2, 0.25) is 0 Å². The molecule has 2 atom stereocenters. The van der Waals surface area contributed by atoms with Gasteiger partial charge in [-0.1, -0.05) is 6.07 Å². The Kier molecular flexibility index (Phi) is 2.47. The molecular weight excluding hydrogens is 243 g/mol. The smallest absolute Gasteiger partial charge is 0.363 e. The summed E-state index contributed by atoms with van der Waals surface area (Å²) in [4.78, 5) is 11.9. The maximum atomic E-state index is 12.5. The third-order valence-corrected chi connectivity index (χ3v) is 3.49. The second-order valence-corrected chi connectivity index (χ2v) is 4.60. The van der Waals surface area contributed by atoms with E-state index >= 15 is 0 Å². The molecule has 1 saturated heterocycles. The van der Waals surface area contributed by atoms with Gasteiger partial charge in [-0.15, -0.1) is 11.3 Å². The van der Waals surface area contributed by atoms with Gasteiger partial charge >= 0.3 is 6.18 Å². The molecule has 1 fully saturated rings. The third-order valence-electron chi connectivity index (χ3n) is 2.50. The van der Waals surface area contributed by atoms with E-state index in [1.165, 1.54) is 11.3 Å². The van der Waals surface area contributed by atoms with Crippen LogP contribution in [0.1, 0.15) is 17.2 Å². The first-order valence-electron chi connectivity index (χ1n) is 4.48. The Hall–Kier alpha value is -1.08. The van der Waals surface area contributed by atoms with Crippen LogP contribution in [-0.4, -0.2) is 22.9 Å². The van der Waals surface area contributed by atoms with Gasteiger partial charge in [0.05, 0.1) is 5.92 Å². The van der Waals surface area contributed by atoms with Gasteiger partial charge in [0.2, 0.25) is 11.6 Å². The zero-order valence-corrected chi connectivity index (χ0v) is 8.73. The van der Waals surface area contributed by atoms with Crippen molar-refractivity contribution in [1.29, 1.82) is 0 Å². The van der Waals surface area contributed by atoms with Crippen molar-refractivity contribution in [2.75, 3.05) is 0 Å². The quantitative estimate of drug-likeness (QED) is 0.796. The highest BCUT2D eigenvalue weighted by Gasteiger charge is 2.60. The third kappa shape index (κ3) is 1.69. The maximum Gasteiger partial charge on any atom is 0.436 e. The van der Waals surface area contributed by atoms with Gasteiger partial charge < -0.3 is 10.4 Å². The van der Waals surface area contributed by atoms with E-state index in [2.05, 4.69) is 0 Å². The van der Waals surface area contributed by atoms with Crippen LogP contribution < -0.4 is 5.32 Å². The number of amides is 1. The van der Waals surface area contributed by atoms with E-state index in [1.54, 1.807) is 22.8 Å². The van der Waals surface area contributed by atoms with E-state index in [1.807, 2.05) is 0 Å². The number of aliphatic hydroxyl groups is 1. The molecule has 3 nitrogen and oxygen atoms in total. The van der Waals surface area contributed by atoms with Crippen LogP contribution in [0.3, 0.4) is 0 Å². The molecule has 0 unspecified atom stereocenters. The van der Waals surface area contributed by atoms with Crippen LogP contribution in [-0.2, 0) is 4.79 Å². The highest BCUT2D eigenvalue weighted by atomic mass is 32.1. The molecular formula is C9H8F3NO2S. The average Bonchev–Trinajstić information content (AvgIpc) is 2.71. The van der Waals surface area contributed by atoms with Crippen molar-refractivity contribution in [1.82, 2.24) is 5.32 Å². The zero-order valence-electron chi connectivity index (χ0n) is 7.91. The summed E-state index contributed by atoms with van der Waals surface area (Å²) in [5, 5.41) is 12.6. The lowest BCUT2D eigenvalue weighted by Gasteiger charge is -2.25. The van der Waals surface area contributed by atoms with Gasteiger partial charge in [0.25, 0.3) is 0 Å². The summed E-state index contributed by atoms with van der Waals surface area (Å²) in [6.45, 7) is 0. The minimum absolute atomic E-state index is 0.526. The molecule has 2 rings (SSSR count). The van der Waals surface area contributed by atoms with E-state index in [9.17, 15) is 23.1 Å². The number of carbonyl (C=O) groups is 1. The lowest BCUT2D eigenvalue weighted by atomic mass is 10.0. The fourth-order valence-corrected chi connectivity index (χ4v) is 2.46. The Morgan fingerprint density at radius 1 is 1.56 bits per heavy atom. The molecule has 1 amide bonds. The highest BCUT2D eigenvalue weighted by molar-refractivity contribution is 7.10. The van der Waals surface area contributed by atoms with Gasteiger partial charge in [-0.25, -0.2) is 0 Å².